The van der Waals surface area contributed by atoms with Crippen LogP contribution < -0.4 is 5.32 Å². The van der Waals surface area contributed by atoms with Crippen molar-refractivity contribution in [2.45, 2.75) is 26.4 Å². The molecule has 0 aliphatic heterocycles. The largest absolute Gasteiger partial charge is 0.383 e. The zero-order chi connectivity index (χ0) is 13.0. The van der Waals surface area contributed by atoms with E-state index in [1.165, 1.54) is 0 Å². The Bertz CT molecular complexity index is 490. The SMILES string of the molecule is CCn1cc(Nc2nccn2C(C)COC)cn1. The number of nitrogens with zero attached hydrogens (tertiary/aromatic N) is 4. The first-order chi connectivity index (χ1) is 8.74. The summed E-state index contributed by atoms with van der Waals surface area (Å²) < 4.78 is 9.08. The lowest BCUT2D eigenvalue weighted by atomic mass is 10.3. The maximum atomic E-state index is 5.16. The van der Waals surface area contributed by atoms with Crippen LogP contribution in [-0.4, -0.2) is 33.0 Å². The molecule has 0 saturated heterocycles. The molecule has 0 fully saturated rings. The molecule has 0 bridgehead atoms. The van der Waals surface area contributed by atoms with Gasteiger partial charge in [-0.15, -0.1) is 0 Å². The van der Waals surface area contributed by atoms with Gasteiger partial charge in [0.2, 0.25) is 5.95 Å². The van der Waals surface area contributed by atoms with E-state index in [2.05, 4.69) is 29.2 Å². The van der Waals surface area contributed by atoms with Crippen molar-refractivity contribution in [3.05, 3.63) is 24.8 Å². The van der Waals surface area contributed by atoms with Crippen molar-refractivity contribution in [1.82, 2.24) is 19.3 Å². The van der Waals surface area contributed by atoms with E-state index in [0.29, 0.717) is 6.61 Å². The van der Waals surface area contributed by atoms with Crippen LogP contribution in [0, 0.1) is 0 Å². The minimum Gasteiger partial charge on any atom is -0.383 e. The summed E-state index contributed by atoms with van der Waals surface area (Å²) in [4.78, 5) is 4.31. The summed E-state index contributed by atoms with van der Waals surface area (Å²) in [5.74, 6) is 0.801. The molecule has 0 spiro atoms. The van der Waals surface area contributed by atoms with Crippen LogP contribution in [0.5, 0.6) is 0 Å². The number of anilines is 2. The van der Waals surface area contributed by atoms with Crippen molar-refractivity contribution in [3.63, 3.8) is 0 Å². The normalized spacial score (nSPS) is 12.6. The second-order valence-corrected chi connectivity index (χ2v) is 4.17. The van der Waals surface area contributed by atoms with Crippen LogP contribution in [0.1, 0.15) is 19.9 Å². The van der Waals surface area contributed by atoms with Crippen LogP contribution in [0.15, 0.2) is 24.8 Å². The highest BCUT2D eigenvalue weighted by Gasteiger charge is 2.10. The van der Waals surface area contributed by atoms with Gasteiger partial charge in [0.1, 0.15) is 0 Å². The number of aromatic nitrogens is 4. The van der Waals surface area contributed by atoms with Crippen LogP contribution in [0.25, 0.3) is 0 Å². The van der Waals surface area contributed by atoms with Crippen molar-refractivity contribution >= 4 is 11.6 Å². The number of imidazole rings is 1. The Morgan fingerprint density at radius 3 is 3.00 bits per heavy atom. The number of hydrogen-bond acceptors (Lipinski definition) is 4. The van der Waals surface area contributed by atoms with Gasteiger partial charge in [-0.2, -0.15) is 5.10 Å². The Morgan fingerprint density at radius 2 is 2.33 bits per heavy atom. The van der Waals surface area contributed by atoms with Gasteiger partial charge in [-0.05, 0) is 13.8 Å². The molecule has 1 atom stereocenters. The molecule has 2 heterocycles. The van der Waals surface area contributed by atoms with E-state index in [9.17, 15) is 0 Å². The molecule has 2 rings (SSSR count). The Labute approximate surface area is 107 Å². The molecule has 98 valence electrons. The summed E-state index contributed by atoms with van der Waals surface area (Å²) in [6.07, 6.45) is 7.47. The van der Waals surface area contributed by atoms with Gasteiger partial charge in [-0.25, -0.2) is 4.98 Å². The van der Waals surface area contributed by atoms with E-state index in [0.717, 1.165) is 18.2 Å². The summed E-state index contributed by atoms with van der Waals surface area (Å²) in [7, 11) is 1.70. The molecule has 0 aromatic carbocycles. The van der Waals surface area contributed by atoms with Gasteiger partial charge in [-0.1, -0.05) is 0 Å². The average molecular weight is 249 g/mol. The second kappa shape index (κ2) is 5.68. The van der Waals surface area contributed by atoms with Crippen LogP contribution in [-0.2, 0) is 11.3 Å². The number of methoxy groups -OCH3 is 1. The molecule has 0 saturated carbocycles. The summed E-state index contributed by atoms with van der Waals surface area (Å²) in [6.45, 7) is 5.65. The summed E-state index contributed by atoms with van der Waals surface area (Å²) >= 11 is 0. The van der Waals surface area contributed by atoms with Gasteiger partial charge in [-0.3, -0.25) is 4.68 Å². The summed E-state index contributed by atoms with van der Waals surface area (Å²) in [6, 6.07) is 0.237. The van der Waals surface area contributed by atoms with Gasteiger partial charge in [0.05, 0.1) is 24.5 Å². The molecule has 0 aliphatic rings. The first-order valence-electron chi connectivity index (χ1n) is 6.05. The number of nitrogens with one attached hydrogen (secondary N) is 1. The molecule has 18 heavy (non-hydrogen) atoms. The van der Waals surface area contributed by atoms with Crippen molar-refractivity contribution in [2.75, 3.05) is 19.0 Å². The molecule has 0 amide bonds. The van der Waals surface area contributed by atoms with Gasteiger partial charge in [0.15, 0.2) is 0 Å². The lowest BCUT2D eigenvalue weighted by molar-refractivity contribution is 0.163. The zero-order valence-corrected chi connectivity index (χ0v) is 11.0. The molecule has 1 N–H and O–H groups in total. The zero-order valence-electron chi connectivity index (χ0n) is 11.0. The highest BCUT2D eigenvalue weighted by Crippen LogP contribution is 2.18. The second-order valence-electron chi connectivity index (χ2n) is 4.17. The molecule has 0 radical (unpaired) electrons. The van der Waals surface area contributed by atoms with Gasteiger partial charge < -0.3 is 14.6 Å². The van der Waals surface area contributed by atoms with Crippen molar-refractivity contribution in [3.8, 4) is 0 Å². The molecule has 0 aliphatic carbocycles. The Hall–Kier alpha value is -1.82. The van der Waals surface area contributed by atoms with Gasteiger partial charge in [0.25, 0.3) is 0 Å². The van der Waals surface area contributed by atoms with E-state index < -0.39 is 0 Å². The quantitative estimate of drug-likeness (QED) is 0.851. The molecule has 2 aromatic rings. The van der Waals surface area contributed by atoms with Crippen molar-refractivity contribution in [2.24, 2.45) is 0 Å². The fraction of sp³-hybridized carbons (Fsp3) is 0.500. The Balaban J connectivity index is 2.11. The lowest BCUT2D eigenvalue weighted by Gasteiger charge is -2.15. The molecule has 1 unspecified atom stereocenters. The highest BCUT2D eigenvalue weighted by atomic mass is 16.5. The van der Waals surface area contributed by atoms with E-state index in [4.69, 9.17) is 4.74 Å². The molecule has 6 heteroatoms. The number of rotatable bonds is 6. The minimum absolute atomic E-state index is 0.237. The smallest absolute Gasteiger partial charge is 0.207 e. The average Bonchev–Trinajstić information content (AvgIpc) is 2.99. The fourth-order valence-electron chi connectivity index (χ4n) is 1.82. The summed E-state index contributed by atoms with van der Waals surface area (Å²) in [5, 5.41) is 7.48. The van der Waals surface area contributed by atoms with Crippen LogP contribution in [0.2, 0.25) is 0 Å². The van der Waals surface area contributed by atoms with Crippen LogP contribution in [0.3, 0.4) is 0 Å². The highest BCUT2D eigenvalue weighted by molar-refractivity contribution is 5.50. The van der Waals surface area contributed by atoms with Crippen LogP contribution in [0.4, 0.5) is 11.6 Å². The predicted octanol–water partition coefficient (Wildman–Crippen LogP) is 2.05. The van der Waals surface area contributed by atoms with Crippen molar-refractivity contribution < 1.29 is 4.74 Å². The van der Waals surface area contributed by atoms with E-state index in [1.807, 2.05) is 21.6 Å². The maximum absolute atomic E-state index is 5.16. The van der Waals surface area contributed by atoms with Crippen molar-refractivity contribution in [1.29, 1.82) is 0 Å². The Morgan fingerprint density at radius 1 is 1.50 bits per heavy atom. The fourth-order valence-corrected chi connectivity index (χ4v) is 1.82. The maximum Gasteiger partial charge on any atom is 0.207 e. The number of hydrogen-bond donors (Lipinski definition) is 1. The third kappa shape index (κ3) is 2.70. The third-order valence-electron chi connectivity index (χ3n) is 2.76. The van der Waals surface area contributed by atoms with E-state index >= 15 is 0 Å². The predicted molar refractivity (Wildman–Crippen MR) is 70.0 cm³/mol. The monoisotopic (exact) mass is 249 g/mol. The first-order valence-corrected chi connectivity index (χ1v) is 6.05. The molecule has 2 aromatic heterocycles. The molecular weight excluding hydrogens is 230 g/mol. The standard InChI is InChI=1S/C12H19N5O/c1-4-16-8-11(7-14-16)15-12-13-5-6-17(12)10(2)9-18-3/h5-8,10H,4,9H2,1-3H3,(H,13,15). The van der Waals surface area contributed by atoms with E-state index in [1.54, 1.807) is 19.5 Å². The first kappa shape index (κ1) is 12.6. The van der Waals surface area contributed by atoms with E-state index in [-0.39, 0.29) is 6.04 Å². The number of ether oxygens (including phenoxy) is 1. The molecule has 6 nitrogen and oxygen atoms in total. The number of aryl methyl sites for hydroxylation is 1. The summed E-state index contributed by atoms with van der Waals surface area (Å²) in [5.41, 5.74) is 0.939. The molecular formula is C12H19N5O. The Kier molecular flexibility index (Phi) is 3.99. The van der Waals surface area contributed by atoms with Gasteiger partial charge in [0, 0.05) is 32.2 Å². The van der Waals surface area contributed by atoms with Gasteiger partial charge >= 0.3 is 0 Å². The third-order valence-corrected chi connectivity index (χ3v) is 2.76. The van der Waals surface area contributed by atoms with Crippen LogP contribution >= 0.6 is 0 Å². The lowest BCUT2D eigenvalue weighted by Crippen LogP contribution is -2.12. The topological polar surface area (TPSA) is 56.9 Å². The minimum atomic E-state index is 0.237.